The van der Waals surface area contributed by atoms with Crippen molar-refractivity contribution in [3.8, 4) is 5.88 Å². The summed E-state index contributed by atoms with van der Waals surface area (Å²) in [5.74, 6) is 1.75. The molecule has 0 atom stereocenters. The predicted octanol–water partition coefficient (Wildman–Crippen LogP) is 2.66. The van der Waals surface area contributed by atoms with Gasteiger partial charge < -0.3 is 20.8 Å². The Kier molecular flexibility index (Phi) is 5.37. The second-order valence-electron chi connectivity index (χ2n) is 6.64. The molecule has 0 saturated carbocycles. The van der Waals surface area contributed by atoms with Crippen molar-refractivity contribution in [2.75, 3.05) is 5.73 Å². The molecule has 0 aliphatic heterocycles. The highest BCUT2D eigenvalue weighted by Gasteiger charge is 2.20. The highest BCUT2D eigenvalue weighted by molar-refractivity contribution is 5.88. The minimum Gasteiger partial charge on any atom is -0.472 e. The van der Waals surface area contributed by atoms with Crippen LogP contribution in [-0.2, 0) is 19.5 Å². The Bertz CT molecular complexity index is 885. The first-order valence-electron chi connectivity index (χ1n) is 8.99. The van der Waals surface area contributed by atoms with Crippen molar-refractivity contribution < 1.29 is 4.74 Å². The molecule has 0 unspecified atom stereocenters. The Morgan fingerprint density at radius 1 is 1.12 bits per heavy atom. The maximum absolute atomic E-state index is 6.05. The van der Waals surface area contributed by atoms with Crippen LogP contribution in [0.5, 0.6) is 5.88 Å². The first-order chi connectivity index (χ1) is 12.5. The summed E-state index contributed by atoms with van der Waals surface area (Å²) in [5, 5.41) is 8.19. The van der Waals surface area contributed by atoms with Crippen molar-refractivity contribution in [1.82, 2.24) is 19.7 Å². The van der Waals surface area contributed by atoms with Gasteiger partial charge in [0.2, 0.25) is 0 Å². The van der Waals surface area contributed by atoms with Gasteiger partial charge in [-0.3, -0.25) is 0 Å². The Hall–Kier alpha value is -2.67. The van der Waals surface area contributed by atoms with E-state index in [4.69, 9.17) is 21.2 Å². The third-order valence-corrected chi connectivity index (χ3v) is 4.16. The van der Waals surface area contributed by atoms with Crippen molar-refractivity contribution in [1.29, 1.82) is 0 Å². The molecule has 0 fully saturated rings. The summed E-state index contributed by atoms with van der Waals surface area (Å²) >= 11 is 0. The minimum absolute atomic E-state index is 0.0158. The van der Waals surface area contributed by atoms with E-state index in [1.165, 1.54) is 0 Å². The first-order valence-corrected chi connectivity index (χ1v) is 8.99. The molecule has 0 radical (unpaired) electrons. The summed E-state index contributed by atoms with van der Waals surface area (Å²) in [4.78, 5) is 4.74. The van der Waals surface area contributed by atoms with Gasteiger partial charge in [-0.1, -0.05) is 31.2 Å². The SMILES string of the molecule is CCCc1nc2c(N)nnc(OC(C)C)c2n1Cc1ccc(CN)cc1. The zero-order valence-electron chi connectivity index (χ0n) is 15.6. The number of hydrogen-bond acceptors (Lipinski definition) is 6. The Labute approximate surface area is 153 Å². The molecule has 0 saturated heterocycles. The van der Waals surface area contributed by atoms with Crippen LogP contribution in [0.15, 0.2) is 24.3 Å². The van der Waals surface area contributed by atoms with Crippen molar-refractivity contribution in [2.24, 2.45) is 5.73 Å². The van der Waals surface area contributed by atoms with Gasteiger partial charge in [0.25, 0.3) is 5.88 Å². The molecule has 2 heterocycles. The number of hydrogen-bond donors (Lipinski definition) is 2. The predicted molar refractivity (Wildman–Crippen MR) is 103 cm³/mol. The number of benzene rings is 1. The number of aryl methyl sites for hydroxylation is 1. The highest BCUT2D eigenvalue weighted by atomic mass is 16.5. The molecule has 0 spiro atoms. The summed E-state index contributed by atoms with van der Waals surface area (Å²) < 4.78 is 8.02. The average molecular weight is 354 g/mol. The molecule has 0 bridgehead atoms. The number of nitrogens with two attached hydrogens (primary N) is 2. The van der Waals surface area contributed by atoms with Gasteiger partial charge in [0.15, 0.2) is 5.82 Å². The van der Waals surface area contributed by atoms with Crippen molar-refractivity contribution in [2.45, 2.75) is 52.8 Å². The molecule has 1 aromatic carbocycles. The lowest BCUT2D eigenvalue weighted by Crippen LogP contribution is -2.11. The van der Waals surface area contributed by atoms with Gasteiger partial charge >= 0.3 is 0 Å². The number of ether oxygens (including phenoxy) is 1. The van der Waals surface area contributed by atoms with E-state index in [-0.39, 0.29) is 6.10 Å². The average Bonchev–Trinajstić information content (AvgIpc) is 2.98. The second kappa shape index (κ2) is 7.70. The molecule has 3 rings (SSSR count). The number of imidazole rings is 1. The molecular formula is C19H26N6O. The fourth-order valence-corrected chi connectivity index (χ4v) is 2.94. The third-order valence-electron chi connectivity index (χ3n) is 4.16. The van der Waals surface area contributed by atoms with Crippen LogP contribution in [0.2, 0.25) is 0 Å². The van der Waals surface area contributed by atoms with Crippen LogP contribution >= 0.6 is 0 Å². The maximum Gasteiger partial charge on any atom is 0.260 e. The lowest BCUT2D eigenvalue weighted by Gasteiger charge is -2.13. The van der Waals surface area contributed by atoms with Gasteiger partial charge in [-0.25, -0.2) is 4.98 Å². The lowest BCUT2D eigenvalue weighted by atomic mass is 10.1. The maximum atomic E-state index is 6.05. The molecule has 7 heteroatoms. The van der Waals surface area contributed by atoms with Crippen LogP contribution < -0.4 is 16.2 Å². The van der Waals surface area contributed by atoms with E-state index in [2.05, 4.69) is 33.8 Å². The van der Waals surface area contributed by atoms with Crippen molar-refractivity contribution in [3.05, 3.63) is 41.2 Å². The molecule has 0 amide bonds. The molecule has 0 aliphatic carbocycles. The Morgan fingerprint density at radius 3 is 2.42 bits per heavy atom. The van der Waals surface area contributed by atoms with Crippen LogP contribution in [0.1, 0.15) is 44.1 Å². The summed E-state index contributed by atoms with van der Waals surface area (Å²) in [6.45, 7) is 7.25. The summed E-state index contributed by atoms with van der Waals surface area (Å²) in [7, 11) is 0. The van der Waals surface area contributed by atoms with Crippen LogP contribution in [0, 0.1) is 0 Å². The number of rotatable bonds is 7. The fourth-order valence-electron chi connectivity index (χ4n) is 2.94. The first kappa shape index (κ1) is 18.1. The largest absolute Gasteiger partial charge is 0.472 e. The van der Waals surface area contributed by atoms with Gasteiger partial charge in [0.05, 0.1) is 6.10 Å². The molecule has 0 aliphatic rings. The van der Waals surface area contributed by atoms with Crippen LogP contribution in [0.3, 0.4) is 0 Å². The Balaban J connectivity index is 2.12. The Morgan fingerprint density at radius 2 is 1.81 bits per heavy atom. The smallest absolute Gasteiger partial charge is 0.260 e. The molecule has 2 aromatic heterocycles. The van der Waals surface area contributed by atoms with E-state index in [1.807, 2.05) is 26.0 Å². The van der Waals surface area contributed by atoms with Gasteiger partial charge in [-0.2, -0.15) is 0 Å². The van der Waals surface area contributed by atoms with Crippen LogP contribution in [0.25, 0.3) is 11.0 Å². The van der Waals surface area contributed by atoms with Gasteiger partial charge in [-0.05, 0) is 31.4 Å². The normalized spacial score (nSPS) is 11.4. The van der Waals surface area contributed by atoms with Crippen molar-refractivity contribution >= 4 is 16.9 Å². The van der Waals surface area contributed by atoms with E-state index < -0.39 is 0 Å². The lowest BCUT2D eigenvalue weighted by molar-refractivity contribution is 0.232. The molecule has 26 heavy (non-hydrogen) atoms. The molecule has 4 N–H and O–H groups in total. The molecule has 3 aromatic rings. The number of aromatic nitrogens is 4. The number of anilines is 1. The third kappa shape index (κ3) is 3.62. The van der Waals surface area contributed by atoms with Crippen LogP contribution in [-0.4, -0.2) is 25.9 Å². The van der Waals surface area contributed by atoms with E-state index in [0.717, 1.165) is 35.3 Å². The number of nitrogens with zero attached hydrogens (tertiary/aromatic N) is 4. The number of nitrogen functional groups attached to an aromatic ring is 1. The monoisotopic (exact) mass is 354 g/mol. The van der Waals surface area contributed by atoms with E-state index in [1.54, 1.807) is 0 Å². The zero-order valence-corrected chi connectivity index (χ0v) is 15.6. The molecule has 7 nitrogen and oxygen atoms in total. The highest BCUT2D eigenvalue weighted by Crippen LogP contribution is 2.29. The van der Waals surface area contributed by atoms with Gasteiger partial charge in [0, 0.05) is 19.5 Å². The summed E-state index contributed by atoms with van der Waals surface area (Å²) in [6, 6.07) is 8.27. The summed E-state index contributed by atoms with van der Waals surface area (Å²) in [6.07, 6.45) is 1.81. The van der Waals surface area contributed by atoms with Crippen molar-refractivity contribution in [3.63, 3.8) is 0 Å². The van der Waals surface area contributed by atoms with Gasteiger partial charge in [0.1, 0.15) is 16.9 Å². The quantitative estimate of drug-likeness (QED) is 0.676. The standard InChI is InChI=1S/C19H26N6O/c1-4-5-15-22-16-17(19(26-12(2)3)24-23-18(16)21)25(15)11-14-8-6-13(10-20)7-9-14/h6-9,12H,4-5,10-11,20H2,1-3H3,(H2,21,23). The van der Waals surface area contributed by atoms with E-state index in [0.29, 0.717) is 30.3 Å². The van der Waals surface area contributed by atoms with Gasteiger partial charge in [-0.15, -0.1) is 10.2 Å². The van der Waals surface area contributed by atoms with Crippen LogP contribution in [0.4, 0.5) is 5.82 Å². The van der Waals surface area contributed by atoms with E-state index in [9.17, 15) is 0 Å². The fraction of sp³-hybridized carbons (Fsp3) is 0.421. The summed E-state index contributed by atoms with van der Waals surface area (Å²) in [5.41, 5.74) is 15.5. The number of fused-ring (bicyclic) bond motifs is 1. The topological polar surface area (TPSA) is 105 Å². The second-order valence-corrected chi connectivity index (χ2v) is 6.64. The zero-order chi connectivity index (χ0) is 18.7. The molecular weight excluding hydrogens is 328 g/mol. The molecule has 138 valence electrons. The minimum atomic E-state index is -0.0158. The van der Waals surface area contributed by atoms with E-state index >= 15 is 0 Å².